The van der Waals surface area contributed by atoms with Gasteiger partial charge in [-0.3, -0.25) is 9.59 Å². The Balaban J connectivity index is 1.64. The first kappa shape index (κ1) is 17.2. The second-order valence-electron chi connectivity index (χ2n) is 7.30. The molecule has 0 N–H and O–H groups in total. The van der Waals surface area contributed by atoms with Gasteiger partial charge in [0.1, 0.15) is 6.61 Å². The Kier molecular flexibility index (Phi) is 4.05. The van der Waals surface area contributed by atoms with Gasteiger partial charge in [0.05, 0.1) is 22.3 Å². The summed E-state index contributed by atoms with van der Waals surface area (Å²) in [5.41, 5.74) is 2.10. The van der Waals surface area contributed by atoms with Gasteiger partial charge in [-0.2, -0.15) is 0 Å². The smallest absolute Gasteiger partial charge is 0.276 e. The molecule has 0 spiro atoms. The minimum Gasteiger partial charge on any atom is -0.483 e. The lowest BCUT2D eigenvalue weighted by Gasteiger charge is -2.38. The van der Waals surface area contributed by atoms with Gasteiger partial charge < -0.3 is 18.9 Å². The molecule has 140 valence electrons. The van der Waals surface area contributed by atoms with Crippen LogP contribution in [0.4, 0.5) is 0 Å². The van der Waals surface area contributed by atoms with Crippen molar-refractivity contribution in [2.45, 2.75) is 44.7 Å². The van der Waals surface area contributed by atoms with E-state index < -0.39 is 0 Å². The number of benzene rings is 1. The van der Waals surface area contributed by atoms with Crippen LogP contribution in [0.25, 0.3) is 0 Å². The number of halogens is 1. The fourth-order valence-corrected chi connectivity index (χ4v) is 5.19. The Bertz CT molecular complexity index is 988. The quantitative estimate of drug-likeness (QED) is 0.637. The highest BCUT2D eigenvalue weighted by atomic mass is 127. The Morgan fingerprint density at radius 1 is 1.26 bits per heavy atom. The molecule has 0 saturated carbocycles. The standard InChI is InChI=1S/C20H19IN2O4/c1-11-9-27-20-14-8-7-13-15(21)17(24)18(16(23(13)14)19(25)22(11)20)26-10-12-5-3-2-4-6-12/h2-6,11,14,20H,7-10H2,1H3/t11-,14?,20?/m1/s1. The monoisotopic (exact) mass is 478 g/mol. The third kappa shape index (κ3) is 2.47. The number of rotatable bonds is 3. The van der Waals surface area contributed by atoms with Crippen LogP contribution < -0.4 is 10.2 Å². The summed E-state index contributed by atoms with van der Waals surface area (Å²) in [6.45, 7) is 2.77. The van der Waals surface area contributed by atoms with E-state index in [-0.39, 0.29) is 42.0 Å². The second kappa shape index (κ2) is 6.34. The minimum absolute atomic E-state index is 0.00310. The molecule has 6 nitrogen and oxygen atoms in total. The molecule has 0 aliphatic carbocycles. The van der Waals surface area contributed by atoms with E-state index in [1.54, 1.807) is 4.90 Å². The fraction of sp³-hybridized carbons (Fsp3) is 0.400. The van der Waals surface area contributed by atoms with Crippen LogP contribution in [-0.4, -0.2) is 34.3 Å². The highest BCUT2D eigenvalue weighted by molar-refractivity contribution is 14.1. The molecule has 1 fully saturated rings. The van der Waals surface area contributed by atoms with E-state index in [2.05, 4.69) is 22.6 Å². The van der Waals surface area contributed by atoms with Gasteiger partial charge in [-0.15, -0.1) is 0 Å². The summed E-state index contributed by atoms with van der Waals surface area (Å²) in [5, 5.41) is 0. The maximum Gasteiger partial charge on any atom is 0.276 e. The normalized spacial score (nSPS) is 25.5. The topological polar surface area (TPSA) is 60.8 Å². The van der Waals surface area contributed by atoms with Crippen molar-refractivity contribution in [2.24, 2.45) is 0 Å². The summed E-state index contributed by atoms with van der Waals surface area (Å²) in [5.74, 6) is 0.00224. The number of amides is 1. The number of hydrogen-bond acceptors (Lipinski definition) is 4. The number of aromatic nitrogens is 1. The zero-order valence-corrected chi connectivity index (χ0v) is 17.0. The maximum absolute atomic E-state index is 13.3. The predicted molar refractivity (Wildman–Crippen MR) is 107 cm³/mol. The lowest BCUT2D eigenvalue weighted by Crippen LogP contribution is -2.50. The first-order valence-electron chi connectivity index (χ1n) is 9.15. The van der Waals surface area contributed by atoms with E-state index in [9.17, 15) is 9.59 Å². The molecule has 3 aliphatic heterocycles. The van der Waals surface area contributed by atoms with Crippen molar-refractivity contribution in [2.75, 3.05) is 6.61 Å². The van der Waals surface area contributed by atoms with Gasteiger partial charge in [-0.25, -0.2) is 0 Å². The highest BCUT2D eigenvalue weighted by Crippen LogP contribution is 2.43. The molecular weight excluding hydrogens is 459 g/mol. The van der Waals surface area contributed by atoms with Crippen LogP contribution >= 0.6 is 22.6 Å². The molecule has 27 heavy (non-hydrogen) atoms. The number of fused-ring (bicyclic) bond motifs is 2. The van der Waals surface area contributed by atoms with Gasteiger partial charge in [0.2, 0.25) is 5.43 Å². The SMILES string of the molecule is C[C@@H]1COC2C3CCc4c(I)c(=O)c(OCc5ccccc5)c(n43)C(=O)N21. The predicted octanol–water partition coefficient (Wildman–Crippen LogP) is 2.72. The van der Waals surface area contributed by atoms with Crippen LogP contribution in [0.5, 0.6) is 5.75 Å². The molecule has 1 saturated heterocycles. The van der Waals surface area contributed by atoms with Crippen LogP contribution in [-0.2, 0) is 17.8 Å². The molecule has 5 rings (SSSR count). The Morgan fingerprint density at radius 3 is 2.81 bits per heavy atom. The molecule has 1 aromatic carbocycles. The molecule has 0 radical (unpaired) electrons. The van der Waals surface area contributed by atoms with Gasteiger partial charge in [-0.05, 0) is 47.9 Å². The summed E-state index contributed by atoms with van der Waals surface area (Å²) in [7, 11) is 0. The van der Waals surface area contributed by atoms with Crippen molar-refractivity contribution >= 4 is 28.5 Å². The molecule has 0 bridgehead atoms. The Hall–Kier alpha value is -1.87. The van der Waals surface area contributed by atoms with E-state index in [0.717, 1.165) is 24.1 Å². The fourth-order valence-electron chi connectivity index (χ4n) is 4.42. The molecule has 7 heteroatoms. The van der Waals surface area contributed by atoms with Crippen molar-refractivity contribution in [1.29, 1.82) is 0 Å². The maximum atomic E-state index is 13.3. The van der Waals surface area contributed by atoms with Crippen molar-refractivity contribution < 1.29 is 14.3 Å². The summed E-state index contributed by atoms with van der Waals surface area (Å²) in [6.07, 6.45) is 1.40. The number of carbonyl (C=O) groups excluding carboxylic acids is 1. The molecule has 3 atom stereocenters. The average molecular weight is 478 g/mol. The van der Waals surface area contributed by atoms with E-state index in [1.165, 1.54) is 0 Å². The first-order valence-corrected chi connectivity index (χ1v) is 10.2. The van der Waals surface area contributed by atoms with E-state index >= 15 is 0 Å². The Labute approximate surface area is 170 Å². The zero-order valence-electron chi connectivity index (χ0n) is 14.9. The van der Waals surface area contributed by atoms with Crippen molar-refractivity contribution in [3.05, 3.63) is 61.1 Å². The molecule has 1 aromatic heterocycles. The lowest BCUT2D eigenvalue weighted by atomic mass is 10.1. The number of hydrogen-bond donors (Lipinski definition) is 0. The van der Waals surface area contributed by atoms with Gasteiger partial charge in [0.15, 0.2) is 17.7 Å². The summed E-state index contributed by atoms with van der Waals surface area (Å²) in [6, 6.07) is 9.72. The summed E-state index contributed by atoms with van der Waals surface area (Å²) >= 11 is 2.09. The molecular formula is C20H19IN2O4. The largest absolute Gasteiger partial charge is 0.483 e. The van der Waals surface area contributed by atoms with Crippen molar-refractivity contribution in [3.8, 4) is 5.75 Å². The van der Waals surface area contributed by atoms with Gasteiger partial charge in [-0.1, -0.05) is 30.3 Å². The van der Waals surface area contributed by atoms with Gasteiger partial charge >= 0.3 is 0 Å². The molecule has 4 heterocycles. The number of pyridine rings is 1. The summed E-state index contributed by atoms with van der Waals surface area (Å²) in [4.78, 5) is 28.2. The van der Waals surface area contributed by atoms with Crippen molar-refractivity contribution in [3.63, 3.8) is 0 Å². The second-order valence-corrected chi connectivity index (χ2v) is 8.38. The van der Waals surface area contributed by atoms with Crippen LogP contribution in [0.15, 0.2) is 35.1 Å². The van der Waals surface area contributed by atoms with Crippen molar-refractivity contribution in [1.82, 2.24) is 9.47 Å². The number of carbonyl (C=O) groups is 1. The van der Waals surface area contributed by atoms with Gasteiger partial charge in [0, 0.05) is 5.69 Å². The molecule has 2 aromatic rings. The Morgan fingerprint density at radius 2 is 2.04 bits per heavy atom. The lowest BCUT2D eigenvalue weighted by molar-refractivity contribution is -0.0146. The van der Waals surface area contributed by atoms with Crippen LogP contribution in [0, 0.1) is 3.57 Å². The molecule has 2 unspecified atom stereocenters. The first-order chi connectivity index (χ1) is 13.1. The molecule has 3 aliphatic rings. The van der Waals surface area contributed by atoms with E-state index in [0.29, 0.717) is 15.9 Å². The third-order valence-corrected chi connectivity index (χ3v) is 6.78. The number of ether oxygens (including phenoxy) is 2. The van der Waals surface area contributed by atoms with Crippen LogP contribution in [0.2, 0.25) is 0 Å². The third-order valence-electron chi connectivity index (χ3n) is 5.66. The highest BCUT2D eigenvalue weighted by Gasteiger charge is 2.50. The van der Waals surface area contributed by atoms with Gasteiger partial charge in [0.25, 0.3) is 5.91 Å². The molecule has 1 amide bonds. The minimum atomic E-state index is -0.249. The van der Waals surface area contributed by atoms with Crippen LogP contribution in [0.3, 0.4) is 0 Å². The van der Waals surface area contributed by atoms with E-state index in [4.69, 9.17) is 9.47 Å². The van der Waals surface area contributed by atoms with E-state index in [1.807, 2.05) is 41.8 Å². The average Bonchev–Trinajstić information content (AvgIpc) is 3.27. The van der Waals surface area contributed by atoms with Crippen LogP contribution in [0.1, 0.15) is 41.1 Å². The zero-order chi connectivity index (χ0) is 18.7. The number of nitrogens with zero attached hydrogens (tertiary/aromatic N) is 2. The summed E-state index contributed by atoms with van der Waals surface area (Å²) < 4.78 is 14.6.